The molecule has 14 heavy (non-hydrogen) atoms. The van der Waals surface area contributed by atoms with Crippen LogP contribution in [-0.4, -0.2) is 41.1 Å². The van der Waals surface area contributed by atoms with Crippen molar-refractivity contribution in [3.8, 4) is 0 Å². The van der Waals surface area contributed by atoms with Crippen molar-refractivity contribution in [3.05, 3.63) is 0 Å². The number of aliphatic carboxylic acids is 1. The highest BCUT2D eigenvalue weighted by Gasteiger charge is 2.39. The Hall–Kier alpha value is -0.360. The molecule has 0 aromatic carbocycles. The summed E-state index contributed by atoms with van der Waals surface area (Å²) in [6, 6.07) is 0.00484. The second-order valence-electron chi connectivity index (χ2n) is 3.51. The van der Waals surface area contributed by atoms with E-state index >= 15 is 0 Å². The number of carboxylic acids is 1. The Morgan fingerprint density at radius 2 is 2.29 bits per heavy atom. The minimum Gasteiger partial charge on any atom is -0.477 e. The third-order valence-electron chi connectivity index (χ3n) is 2.26. The molecule has 0 radical (unpaired) electrons. The fourth-order valence-electron chi connectivity index (χ4n) is 1.26. The molecule has 0 aromatic rings. The second kappa shape index (κ2) is 4.44. The van der Waals surface area contributed by atoms with E-state index in [1.165, 1.54) is 0 Å². The van der Waals surface area contributed by atoms with Gasteiger partial charge in [0.2, 0.25) is 0 Å². The summed E-state index contributed by atoms with van der Waals surface area (Å²) in [7, 11) is 0. The van der Waals surface area contributed by atoms with Crippen molar-refractivity contribution in [2.75, 3.05) is 18.1 Å². The number of alkyl halides is 2. The first-order valence-electron chi connectivity index (χ1n) is 4.36. The van der Waals surface area contributed by atoms with Gasteiger partial charge in [0.25, 0.3) is 0 Å². The molecule has 82 valence electrons. The molecule has 0 spiro atoms. The number of hydrogen-bond donors (Lipinski definition) is 2. The number of carboxylic acid groups (broad SMARTS) is 1. The maximum absolute atomic E-state index is 12.7. The first-order valence-corrected chi connectivity index (χ1v) is 5.51. The Morgan fingerprint density at radius 3 is 2.71 bits per heavy atom. The molecule has 1 aliphatic heterocycles. The van der Waals surface area contributed by atoms with E-state index in [1.54, 1.807) is 11.8 Å². The zero-order chi connectivity index (χ0) is 10.8. The van der Waals surface area contributed by atoms with E-state index in [-0.39, 0.29) is 6.04 Å². The summed E-state index contributed by atoms with van der Waals surface area (Å²) in [6.45, 7) is 1.19. The van der Waals surface area contributed by atoms with Gasteiger partial charge >= 0.3 is 11.9 Å². The quantitative estimate of drug-likeness (QED) is 0.750. The van der Waals surface area contributed by atoms with E-state index < -0.39 is 18.4 Å². The van der Waals surface area contributed by atoms with Gasteiger partial charge in [-0.25, -0.2) is 4.79 Å². The maximum atomic E-state index is 12.7. The molecule has 1 saturated heterocycles. The molecule has 3 nitrogen and oxygen atoms in total. The molecule has 0 saturated carbocycles. The molecule has 0 aromatic heterocycles. The van der Waals surface area contributed by atoms with Crippen molar-refractivity contribution in [1.29, 1.82) is 0 Å². The Bertz CT molecular complexity index is 225. The predicted molar refractivity (Wildman–Crippen MR) is 50.9 cm³/mol. The van der Waals surface area contributed by atoms with Crippen LogP contribution in [0.4, 0.5) is 8.78 Å². The van der Waals surface area contributed by atoms with E-state index in [0.29, 0.717) is 5.92 Å². The lowest BCUT2D eigenvalue weighted by Crippen LogP contribution is -2.45. The van der Waals surface area contributed by atoms with Gasteiger partial charge in [0, 0.05) is 11.8 Å². The van der Waals surface area contributed by atoms with Gasteiger partial charge in [-0.3, -0.25) is 0 Å². The molecule has 1 rings (SSSR count). The lowest BCUT2D eigenvalue weighted by atomic mass is 10.1. The van der Waals surface area contributed by atoms with Gasteiger partial charge in [-0.1, -0.05) is 6.92 Å². The molecule has 1 aliphatic rings. The number of carbonyl (C=O) groups is 1. The zero-order valence-electron chi connectivity index (χ0n) is 7.80. The summed E-state index contributed by atoms with van der Waals surface area (Å²) >= 11 is 1.69. The van der Waals surface area contributed by atoms with Crippen LogP contribution in [0.1, 0.15) is 6.92 Å². The van der Waals surface area contributed by atoms with Crippen LogP contribution >= 0.6 is 11.8 Å². The monoisotopic (exact) mass is 225 g/mol. The first kappa shape index (κ1) is 11.7. The number of rotatable bonds is 4. The average Bonchev–Trinajstić information content (AvgIpc) is 2.47. The molecule has 6 heteroatoms. The summed E-state index contributed by atoms with van der Waals surface area (Å²) in [5.74, 6) is -3.69. The minimum atomic E-state index is -3.66. The van der Waals surface area contributed by atoms with E-state index in [1.807, 2.05) is 6.92 Å². The molecule has 0 bridgehead atoms. The van der Waals surface area contributed by atoms with Crippen LogP contribution in [0.15, 0.2) is 0 Å². The molecular weight excluding hydrogens is 212 g/mol. The molecule has 2 atom stereocenters. The van der Waals surface area contributed by atoms with Crippen LogP contribution in [0.25, 0.3) is 0 Å². The molecule has 2 N–H and O–H groups in total. The van der Waals surface area contributed by atoms with Crippen LogP contribution in [0.5, 0.6) is 0 Å². The van der Waals surface area contributed by atoms with Crippen LogP contribution < -0.4 is 5.32 Å². The lowest BCUT2D eigenvalue weighted by Gasteiger charge is -2.19. The Balaban J connectivity index is 2.36. The number of nitrogens with one attached hydrogen (secondary N) is 1. The average molecular weight is 225 g/mol. The SMILES string of the molecule is CC1CSCC1NCC(F)(F)C(=O)O. The largest absolute Gasteiger partial charge is 0.477 e. The highest BCUT2D eigenvalue weighted by molar-refractivity contribution is 7.99. The Labute approximate surface area is 85.2 Å². The van der Waals surface area contributed by atoms with Gasteiger partial charge in [-0.05, 0) is 11.7 Å². The summed E-state index contributed by atoms with van der Waals surface area (Å²) in [6.07, 6.45) is 0. The normalized spacial score (nSPS) is 27.9. The van der Waals surface area contributed by atoms with Gasteiger partial charge in [-0.15, -0.1) is 0 Å². The fraction of sp³-hybridized carbons (Fsp3) is 0.875. The number of hydrogen-bond acceptors (Lipinski definition) is 3. The number of halogens is 2. The summed E-state index contributed by atoms with van der Waals surface area (Å²) in [5, 5.41) is 10.8. The molecule has 2 unspecified atom stereocenters. The molecule has 1 fully saturated rings. The van der Waals surface area contributed by atoms with Gasteiger partial charge in [0.05, 0.1) is 6.54 Å². The molecular formula is C8H13F2NO2S. The highest BCUT2D eigenvalue weighted by Crippen LogP contribution is 2.24. The molecule has 0 aliphatic carbocycles. The predicted octanol–water partition coefficient (Wildman–Crippen LogP) is 1.05. The van der Waals surface area contributed by atoms with Crippen molar-refractivity contribution in [2.24, 2.45) is 5.92 Å². The zero-order valence-corrected chi connectivity index (χ0v) is 8.61. The topological polar surface area (TPSA) is 49.3 Å². The van der Waals surface area contributed by atoms with Crippen molar-refractivity contribution in [3.63, 3.8) is 0 Å². The minimum absolute atomic E-state index is 0.00484. The molecule has 1 heterocycles. The smallest absolute Gasteiger partial charge is 0.375 e. The number of thioether (sulfide) groups is 1. The van der Waals surface area contributed by atoms with E-state index in [2.05, 4.69) is 5.32 Å². The van der Waals surface area contributed by atoms with Crippen molar-refractivity contribution >= 4 is 17.7 Å². The second-order valence-corrected chi connectivity index (χ2v) is 4.59. The van der Waals surface area contributed by atoms with Crippen molar-refractivity contribution in [2.45, 2.75) is 18.9 Å². The van der Waals surface area contributed by atoms with E-state index in [9.17, 15) is 13.6 Å². The van der Waals surface area contributed by atoms with E-state index in [0.717, 1.165) is 11.5 Å². The van der Waals surface area contributed by atoms with Crippen LogP contribution in [0.3, 0.4) is 0 Å². The lowest BCUT2D eigenvalue weighted by molar-refractivity contribution is -0.164. The first-order chi connectivity index (χ1) is 6.43. The van der Waals surface area contributed by atoms with Gasteiger partial charge in [0.15, 0.2) is 0 Å². The van der Waals surface area contributed by atoms with Gasteiger partial charge in [-0.2, -0.15) is 20.5 Å². The van der Waals surface area contributed by atoms with Crippen LogP contribution in [0.2, 0.25) is 0 Å². The Kier molecular flexibility index (Phi) is 3.71. The van der Waals surface area contributed by atoms with Crippen LogP contribution in [-0.2, 0) is 4.79 Å². The highest BCUT2D eigenvalue weighted by atomic mass is 32.2. The van der Waals surface area contributed by atoms with Crippen LogP contribution in [0, 0.1) is 5.92 Å². The Morgan fingerprint density at radius 1 is 1.64 bits per heavy atom. The van der Waals surface area contributed by atoms with Crippen molar-refractivity contribution in [1.82, 2.24) is 5.32 Å². The third kappa shape index (κ3) is 2.81. The summed E-state index contributed by atoms with van der Waals surface area (Å²) in [4.78, 5) is 10.1. The van der Waals surface area contributed by atoms with Gasteiger partial charge in [0.1, 0.15) is 0 Å². The maximum Gasteiger partial charge on any atom is 0.375 e. The fourth-order valence-corrected chi connectivity index (χ4v) is 2.70. The van der Waals surface area contributed by atoms with Gasteiger partial charge < -0.3 is 10.4 Å². The third-order valence-corrected chi connectivity index (χ3v) is 3.62. The summed E-state index contributed by atoms with van der Waals surface area (Å²) in [5.41, 5.74) is 0. The molecule has 0 amide bonds. The summed E-state index contributed by atoms with van der Waals surface area (Å²) < 4.78 is 25.3. The van der Waals surface area contributed by atoms with Crippen molar-refractivity contribution < 1.29 is 18.7 Å². The standard InChI is InChI=1S/C8H13F2NO2S/c1-5-2-14-3-6(5)11-4-8(9,10)7(12)13/h5-6,11H,2-4H2,1H3,(H,12,13). The van der Waals surface area contributed by atoms with E-state index in [4.69, 9.17) is 5.11 Å².